The number of aromatic amines is 1. The molecule has 0 unspecified atom stereocenters. The number of fused-ring (bicyclic) bond motifs is 6. The van der Waals surface area contributed by atoms with Crippen LogP contribution in [0.3, 0.4) is 0 Å². The molecule has 0 spiro atoms. The molecule has 2 aliphatic rings. The van der Waals surface area contributed by atoms with Crippen LogP contribution in [0.2, 0.25) is 10.0 Å². The van der Waals surface area contributed by atoms with Crippen LogP contribution in [0.25, 0.3) is 21.8 Å². The van der Waals surface area contributed by atoms with Gasteiger partial charge in [0.1, 0.15) is 5.82 Å². The summed E-state index contributed by atoms with van der Waals surface area (Å²) < 4.78 is 15.3. The van der Waals surface area contributed by atoms with E-state index in [9.17, 15) is 14.0 Å². The van der Waals surface area contributed by atoms with Gasteiger partial charge < -0.3 is 9.55 Å². The van der Waals surface area contributed by atoms with Gasteiger partial charge >= 0.3 is 0 Å². The van der Waals surface area contributed by atoms with E-state index < -0.39 is 0 Å². The molecule has 0 amide bonds. The van der Waals surface area contributed by atoms with Crippen molar-refractivity contribution >= 4 is 56.6 Å². The molecule has 2 aliphatic carbocycles. The van der Waals surface area contributed by atoms with Crippen LogP contribution < -0.4 is 0 Å². The number of nitrogens with zero attached hydrogens (tertiary/aromatic N) is 1. The molecular weight excluding hydrogens is 522 g/mol. The highest BCUT2D eigenvalue weighted by Gasteiger charge is 2.26. The largest absolute Gasteiger partial charge is 0.358 e. The standard InChI is InChI=1S/C19H15ClFNO.C12H10ClNO/c20-13-6-9-16-15(10-13)19-17(2-1-3-18(19)23)22(16)11-12-4-7-14(21)8-5-12;13-7-4-5-9-8(6-7)12-10(14-9)2-1-3-11(12)15/h4-10H,1-3,11H2;4-6,14H,1-3H2. The lowest BCUT2D eigenvalue weighted by atomic mass is 9.94. The van der Waals surface area contributed by atoms with E-state index in [1.807, 2.05) is 36.4 Å². The summed E-state index contributed by atoms with van der Waals surface area (Å²) in [7, 11) is 0. The molecule has 0 saturated heterocycles. The number of benzene rings is 3. The highest BCUT2D eigenvalue weighted by Crippen LogP contribution is 2.34. The molecule has 0 aliphatic heterocycles. The van der Waals surface area contributed by atoms with Gasteiger partial charge in [0.25, 0.3) is 0 Å². The fraction of sp³-hybridized carbons (Fsp3) is 0.226. The minimum absolute atomic E-state index is 0.191. The number of ketones is 2. The summed E-state index contributed by atoms with van der Waals surface area (Å²) in [6.07, 6.45) is 4.93. The Morgan fingerprint density at radius 2 is 1.42 bits per heavy atom. The number of halogens is 3. The minimum atomic E-state index is -0.241. The van der Waals surface area contributed by atoms with E-state index >= 15 is 0 Å². The summed E-state index contributed by atoms with van der Waals surface area (Å²) in [6, 6.07) is 17.8. The number of Topliss-reactive ketones (excluding diaryl/α,β-unsaturated/α-hetero) is 2. The van der Waals surface area contributed by atoms with Gasteiger partial charge in [-0.2, -0.15) is 0 Å². The number of H-pyrrole nitrogens is 1. The van der Waals surface area contributed by atoms with E-state index in [0.29, 0.717) is 29.4 Å². The molecule has 2 heterocycles. The second-order valence-electron chi connectivity index (χ2n) is 9.92. The van der Waals surface area contributed by atoms with Gasteiger partial charge in [-0.3, -0.25) is 9.59 Å². The summed E-state index contributed by atoms with van der Waals surface area (Å²) in [5, 5.41) is 3.22. The SMILES string of the molecule is O=C1CCCc2[nH]c3ccc(Cl)cc3c21.O=C1CCCc2c1c1cc(Cl)ccc1n2Cc1ccc(F)cc1. The minimum Gasteiger partial charge on any atom is -0.358 e. The molecule has 192 valence electrons. The first-order valence-corrected chi connectivity index (χ1v) is 13.6. The lowest BCUT2D eigenvalue weighted by Crippen LogP contribution is -2.13. The van der Waals surface area contributed by atoms with Crippen LogP contribution in [-0.2, 0) is 19.4 Å². The molecule has 0 bridgehead atoms. The Morgan fingerprint density at radius 1 is 0.763 bits per heavy atom. The van der Waals surface area contributed by atoms with Crippen LogP contribution in [0, 0.1) is 5.82 Å². The molecular formula is C31H25Cl2FN2O2. The Kier molecular flexibility index (Phi) is 6.58. The van der Waals surface area contributed by atoms with Gasteiger partial charge in [0.05, 0.1) is 0 Å². The van der Waals surface area contributed by atoms with Gasteiger partial charge in [-0.1, -0.05) is 35.3 Å². The first-order valence-electron chi connectivity index (χ1n) is 12.8. The lowest BCUT2D eigenvalue weighted by molar-refractivity contribution is 0.0965. The van der Waals surface area contributed by atoms with Crippen molar-refractivity contribution in [1.82, 2.24) is 9.55 Å². The third kappa shape index (κ3) is 4.55. The maximum Gasteiger partial charge on any atom is 0.165 e. The van der Waals surface area contributed by atoms with Crippen LogP contribution >= 0.6 is 23.2 Å². The normalized spacial score (nSPS) is 14.8. The molecule has 3 aromatic carbocycles. The third-order valence-corrected chi connectivity index (χ3v) is 7.90. The van der Waals surface area contributed by atoms with Crippen molar-refractivity contribution in [2.24, 2.45) is 0 Å². The van der Waals surface area contributed by atoms with E-state index in [1.165, 1.54) is 12.1 Å². The molecule has 2 aromatic heterocycles. The Balaban J connectivity index is 0.000000152. The number of aromatic nitrogens is 2. The van der Waals surface area contributed by atoms with Gasteiger partial charge in [0.2, 0.25) is 0 Å². The quantitative estimate of drug-likeness (QED) is 0.242. The predicted molar refractivity (Wildman–Crippen MR) is 150 cm³/mol. The van der Waals surface area contributed by atoms with Crippen LogP contribution in [0.4, 0.5) is 4.39 Å². The van der Waals surface area contributed by atoms with Crippen molar-refractivity contribution in [2.45, 2.75) is 45.1 Å². The molecule has 4 nitrogen and oxygen atoms in total. The van der Waals surface area contributed by atoms with Crippen LogP contribution in [0.1, 0.15) is 63.4 Å². The second-order valence-corrected chi connectivity index (χ2v) is 10.8. The van der Waals surface area contributed by atoms with Gasteiger partial charge in [-0.05, 0) is 79.8 Å². The zero-order valence-electron chi connectivity index (χ0n) is 20.6. The number of carbonyl (C=O) groups excluding carboxylic acids is 2. The van der Waals surface area contributed by atoms with E-state index in [0.717, 1.165) is 75.6 Å². The molecule has 38 heavy (non-hydrogen) atoms. The average molecular weight is 547 g/mol. The number of nitrogens with one attached hydrogen (secondary N) is 1. The van der Waals surface area contributed by atoms with Gasteiger partial charge in [-0.25, -0.2) is 4.39 Å². The molecule has 0 fully saturated rings. The molecule has 0 radical (unpaired) electrons. The third-order valence-electron chi connectivity index (χ3n) is 7.43. The smallest absolute Gasteiger partial charge is 0.165 e. The maximum atomic E-state index is 13.1. The number of rotatable bonds is 2. The average Bonchev–Trinajstić information content (AvgIpc) is 3.42. The van der Waals surface area contributed by atoms with E-state index in [-0.39, 0.29) is 17.4 Å². The first kappa shape index (κ1) is 24.9. The molecule has 0 saturated carbocycles. The van der Waals surface area contributed by atoms with Gasteiger partial charge in [0.15, 0.2) is 11.6 Å². The topological polar surface area (TPSA) is 54.9 Å². The van der Waals surface area contributed by atoms with Crippen molar-refractivity contribution in [2.75, 3.05) is 0 Å². The molecule has 0 atom stereocenters. The zero-order chi connectivity index (χ0) is 26.4. The zero-order valence-corrected chi connectivity index (χ0v) is 22.1. The highest BCUT2D eigenvalue weighted by atomic mass is 35.5. The van der Waals surface area contributed by atoms with Crippen LogP contribution in [-0.4, -0.2) is 21.1 Å². The number of carbonyl (C=O) groups is 2. The number of hydrogen-bond donors (Lipinski definition) is 1. The molecule has 1 N–H and O–H groups in total. The van der Waals surface area contributed by atoms with Crippen molar-refractivity contribution in [3.05, 3.63) is 105 Å². The second kappa shape index (κ2) is 10.0. The lowest BCUT2D eigenvalue weighted by Gasteiger charge is -2.15. The fourth-order valence-electron chi connectivity index (χ4n) is 5.72. The Morgan fingerprint density at radius 3 is 2.18 bits per heavy atom. The van der Waals surface area contributed by atoms with E-state index in [1.54, 1.807) is 12.1 Å². The highest BCUT2D eigenvalue weighted by molar-refractivity contribution is 6.32. The Hall–Kier alpha value is -3.41. The fourth-order valence-corrected chi connectivity index (χ4v) is 6.07. The van der Waals surface area contributed by atoms with Crippen molar-refractivity contribution < 1.29 is 14.0 Å². The summed E-state index contributed by atoms with van der Waals surface area (Å²) in [4.78, 5) is 27.5. The number of aryl methyl sites for hydroxylation is 1. The Bertz CT molecular complexity index is 1720. The van der Waals surface area contributed by atoms with Crippen molar-refractivity contribution in [3.63, 3.8) is 0 Å². The summed E-state index contributed by atoms with van der Waals surface area (Å²) in [5.41, 5.74) is 6.86. The van der Waals surface area contributed by atoms with Crippen LogP contribution in [0.15, 0.2) is 60.7 Å². The van der Waals surface area contributed by atoms with E-state index in [4.69, 9.17) is 23.2 Å². The molecule has 7 heteroatoms. The molecule has 7 rings (SSSR count). The summed E-state index contributed by atoms with van der Waals surface area (Å²) >= 11 is 12.1. The first-order chi connectivity index (χ1) is 18.4. The van der Waals surface area contributed by atoms with E-state index in [2.05, 4.69) is 9.55 Å². The summed E-state index contributed by atoms with van der Waals surface area (Å²) in [5.74, 6) is 0.191. The Labute approximate surface area is 229 Å². The van der Waals surface area contributed by atoms with Crippen LogP contribution in [0.5, 0.6) is 0 Å². The van der Waals surface area contributed by atoms with Crippen molar-refractivity contribution in [3.8, 4) is 0 Å². The number of hydrogen-bond acceptors (Lipinski definition) is 2. The molecule has 5 aromatic rings. The van der Waals surface area contributed by atoms with Crippen molar-refractivity contribution in [1.29, 1.82) is 0 Å². The van der Waals surface area contributed by atoms with Gasteiger partial charge in [0, 0.05) is 73.8 Å². The monoisotopic (exact) mass is 546 g/mol. The maximum absolute atomic E-state index is 13.1. The van der Waals surface area contributed by atoms with Gasteiger partial charge in [-0.15, -0.1) is 0 Å². The predicted octanol–water partition coefficient (Wildman–Crippen LogP) is 8.34. The summed E-state index contributed by atoms with van der Waals surface area (Å²) in [6.45, 7) is 0.626.